The number of nitrogens with zero attached hydrogens (tertiary/aromatic N) is 6. The number of hydrogen-bond acceptors (Lipinski definition) is 7. The fourth-order valence-corrected chi connectivity index (χ4v) is 4.06. The molecule has 0 aromatic carbocycles. The zero-order valence-electron chi connectivity index (χ0n) is 18.6. The fourth-order valence-electron chi connectivity index (χ4n) is 4.06. The third-order valence-electron chi connectivity index (χ3n) is 6.06. The van der Waals surface area contributed by atoms with Crippen molar-refractivity contribution in [1.29, 1.82) is 0 Å². The van der Waals surface area contributed by atoms with Gasteiger partial charge >= 0.3 is 12.1 Å². The largest absolute Gasteiger partial charge is 0.453 e. The average Bonchev–Trinajstić information content (AvgIpc) is 3.39. The minimum absolute atomic E-state index is 0.0651. The number of H-pyrrole nitrogens is 1. The second kappa shape index (κ2) is 8.07. The average molecular weight is 524 g/mol. The van der Waals surface area contributed by atoms with Crippen molar-refractivity contribution < 1.29 is 31.1 Å². The van der Waals surface area contributed by atoms with Crippen molar-refractivity contribution in [2.45, 2.75) is 37.3 Å². The Kier molecular flexibility index (Phi) is 5.31. The molecule has 1 atom stereocenters. The van der Waals surface area contributed by atoms with Crippen LogP contribution in [0.5, 0.6) is 0 Å². The molecular formula is C21H14F6N8O2. The Bertz CT molecular complexity index is 1610. The van der Waals surface area contributed by atoms with Gasteiger partial charge < -0.3 is 10.3 Å². The van der Waals surface area contributed by atoms with E-state index < -0.39 is 47.6 Å². The molecule has 0 bridgehead atoms. The molecule has 0 radical (unpaired) electrons. The highest BCUT2D eigenvalue weighted by atomic mass is 19.4. The Morgan fingerprint density at radius 2 is 1.86 bits per heavy atom. The second-order valence-corrected chi connectivity index (χ2v) is 8.41. The normalized spacial score (nSPS) is 17.8. The molecule has 5 heterocycles. The van der Waals surface area contributed by atoms with E-state index in [0.717, 1.165) is 23.1 Å². The molecule has 37 heavy (non-hydrogen) atoms. The van der Waals surface area contributed by atoms with Gasteiger partial charge in [0.2, 0.25) is 5.91 Å². The number of alkyl halides is 5. The lowest BCUT2D eigenvalue weighted by atomic mass is 9.79. The SMILES string of the molecule is CC1(c2cncc(F)c2)C(=O)Nc2[nH]c(-c3cn4ncnc4c(CCC(F)(F)C(F)(F)F)n3)nc(=O)c21. The Morgan fingerprint density at radius 3 is 2.57 bits per heavy atom. The van der Waals surface area contributed by atoms with Crippen LogP contribution in [-0.2, 0) is 16.6 Å². The number of carbonyl (C=O) groups is 1. The highest BCUT2D eigenvalue weighted by Crippen LogP contribution is 2.40. The van der Waals surface area contributed by atoms with Crippen molar-refractivity contribution in [3.05, 3.63) is 64.0 Å². The molecule has 0 saturated carbocycles. The summed E-state index contributed by atoms with van der Waals surface area (Å²) in [6, 6.07) is 1.05. The van der Waals surface area contributed by atoms with E-state index in [-0.39, 0.29) is 39.8 Å². The lowest BCUT2D eigenvalue weighted by molar-refractivity contribution is -0.284. The standard InChI is InChI=1S/C21H14F6N8O2/c1-19(9-4-10(22)6-28-5-9)13-15(34-18(19)37)32-14(33-17(13)36)12-7-35-16(29-8-30-35)11(31-12)2-3-20(23,24)21(25,26)27/h4-8H,2-3H2,1H3,(H2,32,33,34,36,37). The second-order valence-electron chi connectivity index (χ2n) is 8.41. The van der Waals surface area contributed by atoms with Crippen LogP contribution in [0.25, 0.3) is 17.2 Å². The summed E-state index contributed by atoms with van der Waals surface area (Å²) in [6.45, 7) is 1.39. The third kappa shape index (κ3) is 3.88. The molecule has 4 aromatic heterocycles. The van der Waals surface area contributed by atoms with Gasteiger partial charge in [-0.25, -0.2) is 18.9 Å². The zero-order valence-corrected chi connectivity index (χ0v) is 18.6. The van der Waals surface area contributed by atoms with Gasteiger partial charge in [0.15, 0.2) is 11.5 Å². The predicted octanol–water partition coefficient (Wildman–Crippen LogP) is 2.80. The molecule has 5 rings (SSSR count). The Balaban J connectivity index is 1.58. The van der Waals surface area contributed by atoms with Gasteiger partial charge in [-0.2, -0.15) is 32.0 Å². The number of nitrogens with one attached hydrogen (secondary N) is 2. The number of aromatic amines is 1. The lowest BCUT2D eigenvalue weighted by Gasteiger charge is -2.21. The van der Waals surface area contributed by atoms with Gasteiger partial charge in [-0.3, -0.25) is 14.6 Å². The van der Waals surface area contributed by atoms with Crippen LogP contribution >= 0.6 is 0 Å². The molecule has 4 aromatic rings. The summed E-state index contributed by atoms with van der Waals surface area (Å²) in [5.41, 5.74) is -3.01. The van der Waals surface area contributed by atoms with Crippen molar-refractivity contribution in [3.63, 3.8) is 0 Å². The quantitative estimate of drug-likeness (QED) is 0.384. The van der Waals surface area contributed by atoms with E-state index in [2.05, 4.69) is 35.3 Å². The first kappa shape index (κ1) is 24.3. The molecule has 1 aliphatic rings. The zero-order chi connectivity index (χ0) is 26.8. The molecule has 2 N–H and O–H groups in total. The van der Waals surface area contributed by atoms with Crippen molar-refractivity contribution in [2.24, 2.45) is 0 Å². The lowest BCUT2D eigenvalue weighted by Crippen LogP contribution is -2.36. The molecule has 0 saturated heterocycles. The number of amides is 1. The summed E-state index contributed by atoms with van der Waals surface area (Å²) in [7, 11) is 0. The van der Waals surface area contributed by atoms with Crippen LogP contribution in [0.2, 0.25) is 0 Å². The Labute approximate surface area is 201 Å². The molecule has 0 fully saturated rings. The first-order valence-electron chi connectivity index (χ1n) is 10.5. The Hall–Kier alpha value is -4.37. The molecule has 1 aliphatic heterocycles. The van der Waals surface area contributed by atoms with Crippen LogP contribution in [-0.4, -0.2) is 52.5 Å². The van der Waals surface area contributed by atoms with Crippen molar-refractivity contribution in [1.82, 2.24) is 34.5 Å². The van der Waals surface area contributed by atoms with Crippen LogP contribution in [0, 0.1) is 5.82 Å². The third-order valence-corrected chi connectivity index (χ3v) is 6.06. The monoisotopic (exact) mass is 524 g/mol. The molecule has 1 amide bonds. The van der Waals surface area contributed by atoms with Crippen LogP contribution in [0.4, 0.5) is 32.2 Å². The number of hydrogen-bond donors (Lipinski definition) is 2. The highest BCUT2D eigenvalue weighted by molar-refractivity contribution is 6.07. The van der Waals surface area contributed by atoms with Gasteiger partial charge in [-0.05, 0) is 25.0 Å². The fraction of sp³-hybridized carbons (Fsp3) is 0.286. The smallest absolute Gasteiger partial charge is 0.324 e. The molecule has 16 heteroatoms. The first-order chi connectivity index (χ1) is 17.3. The number of halogens is 6. The number of pyridine rings is 1. The van der Waals surface area contributed by atoms with Crippen molar-refractivity contribution in [3.8, 4) is 11.5 Å². The molecule has 0 aliphatic carbocycles. The first-order valence-corrected chi connectivity index (χ1v) is 10.5. The van der Waals surface area contributed by atoms with Crippen LogP contribution in [0.1, 0.15) is 30.2 Å². The highest BCUT2D eigenvalue weighted by Gasteiger charge is 2.56. The maximum atomic E-state index is 13.8. The number of carbonyl (C=O) groups excluding carboxylic acids is 1. The van der Waals surface area contributed by atoms with E-state index in [9.17, 15) is 35.9 Å². The molecule has 10 nitrogen and oxygen atoms in total. The van der Waals surface area contributed by atoms with E-state index in [1.54, 1.807) is 0 Å². The molecule has 1 unspecified atom stereocenters. The molecular weight excluding hydrogens is 510 g/mol. The number of fused-ring (bicyclic) bond motifs is 2. The van der Waals surface area contributed by atoms with Gasteiger partial charge in [-0.15, -0.1) is 0 Å². The van der Waals surface area contributed by atoms with Crippen molar-refractivity contribution >= 4 is 17.4 Å². The van der Waals surface area contributed by atoms with Gasteiger partial charge in [0.25, 0.3) is 5.56 Å². The van der Waals surface area contributed by atoms with E-state index in [4.69, 9.17) is 0 Å². The van der Waals surface area contributed by atoms with Gasteiger partial charge in [0.05, 0.1) is 23.7 Å². The number of anilines is 1. The summed E-state index contributed by atoms with van der Waals surface area (Å²) in [5, 5.41) is 6.35. The maximum absolute atomic E-state index is 13.8. The number of rotatable bonds is 5. The van der Waals surface area contributed by atoms with Crippen molar-refractivity contribution in [2.75, 3.05) is 5.32 Å². The predicted molar refractivity (Wildman–Crippen MR) is 113 cm³/mol. The van der Waals surface area contributed by atoms with E-state index in [0.29, 0.717) is 0 Å². The topological polar surface area (TPSA) is 131 Å². The number of aryl methyl sites for hydroxylation is 1. The van der Waals surface area contributed by atoms with Gasteiger partial charge in [0.1, 0.15) is 29.1 Å². The minimum atomic E-state index is -5.75. The van der Waals surface area contributed by atoms with E-state index in [1.165, 1.54) is 19.3 Å². The summed E-state index contributed by atoms with van der Waals surface area (Å²) in [5.74, 6) is -6.67. The Morgan fingerprint density at radius 1 is 1.11 bits per heavy atom. The van der Waals surface area contributed by atoms with Crippen LogP contribution in [0.15, 0.2) is 35.8 Å². The molecule has 0 spiro atoms. The molecule has 192 valence electrons. The number of aromatic nitrogens is 7. The summed E-state index contributed by atoms with van der Waals surface area (Å²) in [6.07, 6.45) is -3.73. The van der Waals surface area contributed by atoms with Crippen LogP contribution < -0.4 is 10.9 Å². The summed E-state index contributed by atoms with van der Waals surface area (Å²) in [4.78, 5) is 44.2. The summed E-state index contributed by atoms with van der Waals surface area (Å²) < 4.78 is 79.8. The minimum Gasteiger partial charge on any atom is -0.324 e. The van der Waals surface area contributed by atoms with E-state index >= 15 is 0 Å². The summed E-state index contributed by atoms with van der Waals surface area (Å²) >= 11 is 0. The maximum Gasteiger partial charge on any atom is 0.453 e. The van der Waals surface area contributed by atoms with Crippen LogP contribution in [0.3, 0.4) is 0 Å². The van der Waals surface area contributed by atoms with E-state index in [1.807, 2.05) is 0 Å². The van der Waals surface area contributed by atoms with Gasteiger partial charge in [-0.1, -0.05) is 0 Å². The van der Waals surface area contributed by atoms with Gasteiger partial charge in [0, 0.05) is 12.6 Å².